The smallest absolute Gasteiger partial charge is 0.0412 e. The zero-order chi connectivity index (χ0) is 8.39. The standard InChI is InChI=1S/C12H6/c1-2-10-7-5-8-11-6-3-4-9-12(10)11/h3-6,8-9H. The molecular weight excluding hydrogens is 144 g/mol. The Labute approximate surface area is 71.8 Å². The van der Waals surface area contributed by atoms with Crippen molar-refractivity contribution in [3.8, 4) is 5.92 Å². The van der Waals surface area contributed by atoms with Gasteiger partial charge in [-0.1, -0.05) is 42.3 Å². The van der Waals surface area contributed by atoms with Crippen LogP contribution in [0, 0.1) is 18.4 Å². The van der Waals surface area contributed by atoms with E-state index >= 15 is 0 Å². The zero-order valence-corrected chi connectivity index (χ0v) is 6.46. The van der Waals surface area contributed by atoms with Crippen molar-refractivity contribution in [3.63, 3.8) is 0 Å². The minimum Gasteiger partial charge on any atom is -0.0616 e. The van der Waals surface area contributed by atoms with Gasteiger partial charge in [0, 0.05) is 5.56 Å². The maximum Gasteiger partial charge on any atom is 0.0412 e. The lowest BCUT2D eigenvalue weighted by Crippen LogP contribution is -1.77. The Bertz CT molecular complexity index is 442. The second-order valence-corrected chi connectivity index (χ2v) is 2.56. The number of hydrogen-bond donors (Lipinski definition) is 0. The van der Waals surface area contributed by atoms with Gasteiger partial charge in [0.2, 0.25) is 0 Å². The summed E-state index contributed by atoms with van der Waals surface area (Å²) >= 11 is 0. The van der Waals surface area contributed by atoms with Gasteiger partial charge in [-0.15, -0.1) is 0 Å². The molecule has 0 saturated carbocycles. The third-order valence-electron chi connectivity index (χ3n) is 1.85. The van der Waals surface area contributed by atoms with Crippen LogP contribution in [0.4, 0.5) is 0 Å². The van der Waals surface area contributed by atoms with Crippen molar-refractivity contribution >= 4 is 10.8 Å². The lowest BCUT2D eigenvalue weighted by Gasteiger charge is -1.97. The first-order chi connectivity index (χ1) is 5.92. The van der Waals surface area contributed by atoms with Crippen LogP contribution in [0.2, 0.25) is 0 Å². The summed E-state index contributed by atoms with van der Waals surface area (Å²) in [6.07, 6.45) is 7.04. The third kappa shape index (κ3) is 0.963. The van der Waals surface area contributed by atoms with Crippen LogP contribution in [0.1, 0.15) is 5.56 Å². The van der Waals surface area contributed by atoms with Gasteiger partial charge in [0.25, 0.3) is 0 Å². The van der Waals surface area contributed by atoms with Gasteiger partial charge in [0.05, 0.1) is 0 Å². The van der Waals surface area contributed by atoms with Gasteiger partial charge in [-0.3, -0.25) is 0 Å². The van der Waals surface area contributed by atoms with Gasteiger partial charge >= 0.3 is 0 Å². The average molecular weight is 150 g/mol. The van der Waals surface area contributed by atoms with E-state index in [0.29, 0.717) is 0 Å². The van der Waals surface area contributed by atoms with Gasteiger partial charge in [0.1, 0.15) is 0 Å². The van der Waals surface area contributed by atoms with E-state index in [-0.39, 0.29) is 0 Å². The molecule has 0 atom stereocenters. The third-order valence-corrected chi connectivity index (χ3v) is 1.85. The van der Waals surface area contributed by atoms with Crippen LogP contribution in [-0.2, 0) is 0 Å². The van der Waals surface area contributed by atoms with E-state index in [2.05, 4.69) is 12.0 Å². The fourth-order valence-electron chi connectivity index (χ4n) is 1.27. The monoisotopic (exact) mass is 150 g/mol. The highest BCUT2D eigenvalue weighted by Gasteiger charge is 1.95. The maximum atomic E-state index is 7.04. The SMILES string of the molecule is [C]#Cc1[c]ccc2ccccc12. The molecule has 0 nitrogen and oxygen atoms in total. The minimum absolute atomic E-state index is 0.730. The van der Waals surface area contributed by atoms with Gasteiger partial charge < -0.3 is 0 Å². The normalized spacial score (nSPS) is 9.58. The molecule has 0 aliphatic carbocycles. The van der Waals surface area contributed by atoms with Crippen molar-refractivity contribution in [2.75, 3.05) is 0 Å². The van der Waals surface area contributed by atoms with Gasteiger partial charge in [-0.05, 0) is 23.3 Å². The van der Waals surface area contributed by atoms with Crippen LogP contribution < -0.4 is 0 Å². The lowest BCUT2D eigenvalue weighted by molar-refractivity contribution is 1.69. The summed E-state index contributed by atoms with van der Waals surface area (Å²) in [4.78, 5) is 0. The Morgan fingerprint density at radius 2 is 2.00 bits per heavy atom. The first kappa shape index (κ1) is 6.94. The summed E-state index contributed by atoms with van der Waals surface area (Å²) < 4.78 is 0. The Morgan fingerprint density at radius 1 is 1.17 bits per heavy atom. The lowest BCUT2D eigenvalue weighted by atomic mass is 10.1. The van der Waals surface area contributed by atoms with Crippen LogP contribution in [0.15, 0.2) is 36.4 Å². The molecule has 54 valence electrons. The van der Waals surface area contributed by atoms with Crippen LogP contribution in [0.25, 0.3) is 10.8 Å². The van der Waals surface area contributed by atoms with Crippen molar-refractivity contribution in [3.05, 3.63) is 54.5 Å². The summed E-state index contributed by atoms with van der Waals surface area (Å²) in [5.74, 6) is 2.36. The molecule has 0 N–H and O–H groups in total. The van der Waals surface area contributed by atoms with Crippen LogP contribution in [0.3, 0.4) is 0 Å². The van der Waals surface area contributed by atoms with E-state index in [9.17, 15) is 0 Å². The number of benzene rings is 2. The molecule has 0 aliphatic rings. The average Bonchev–Trinajstić information content (AvgIpc) is 2.17. The van der Waals surface area contributed by atoms with Crippen molar-refractivity contribution < 1.29 is 0 Å². The van der Waals surface area contributed by atoms with E-state index in [1.807, 2.05) is 36.4 Å². The highest BCUT2D eigenvalue weighted by molar-refractivity contribution is 5.87. The Balaban J connectivity index is 2.91. The summed E-state index contributed by atoms with van der Waals surface area (Å²) in [6, 6.07) is 14.7. The van der Waals surface area contributed by atoms with E-state index in [4.69, 9.17) is 6.42 Å². The summed E-state index contributed by atoms with van der Waals surface area (Å²) in [5, 5.41) is 2.17. The predicted molar refractivity (Wildman–Crippen MR) is 49.0 cm³/mol. The maximum absolute atomic E-state index is 7.04. The predicted octanol–water partition coefficient (Wildman–Crippen LogP) is 2.58. The van der Waals surface area contributed by atoms with Crippen molar-refractivity contribution in [1.82, 2.24) is 0 Å². The second kappa shape index (κ2) is 2.71. The largest absolute Gasteiger partial charge is 0.0616 e. The molecule has 0 heterocycles. The molecule has 2 aromatic rings. The summed E-state index contributed by atoms with van der Waals surface area (Å²) in [6.45, 7) is 0. The molecule has 0 fully saturated rings. The van der Waals surface area contributed by atoms with Gasteiger partial charge in [-0.25, -0.2) is 0 Å². The van der Waals surface area contributed by atoms with Crippen molar-refractivity contribution in [2.45, 2.75) is 0 Å². The number of hydrogen-bond acceptors (Lipinski definition) is 0. The molecule has 0 bridgehead atoms. The highest BCUT2D eigenvalue weighted by Crippen LogP contribution is 2.16. The molecule has 0 spiro atoms. The molecule has 2 aromatic carbocycles. The molecular formula is C12H6. The fraction of sp³-hybridized carbons (Fsp3) is 0. The van der Waals surface area contributed by atoms with Gasteiger partial charge in [0.15, 0.2) is 0 Å². The van der Waals surface area contributed by atoms with E-state index in [1.54, 1.807) is 0 Å². The first-order valence-corrected chi connectivity index (χ1v) is 3.74. The van der Waals surface area contributed by atoms with Crippen LogP contribution >= 0.6 is 0 Å². The van der Waals surface area contributed by atoms with Crippen LogP contribution in [0.5, 0.6) is 0 Å². The van der Waals surface area contributed by atoms with Gasteiger partial charge in [-0.2, -0.15) is 0 Å². The molecule has 0 amide bonds. The minimum atomic E-state index is 0.730. The summed E-state index contributed by atoms with van der Waals surface area (Å²) in [5.41, 5.74) is 0.730. The summed E-state index contributed by atoms with van der Waals surface area (Å²) in [7, 11) is 0. The number of fused-ring (bicyclic) bond motifs is 1. The quantitative estimate of drug-likeness (QED) is 0.506. The Kier molecular flexibility index (Phi) is 1.57. The molecule has 0 saturated heterocycles. The van der Waals surface area contributed by atoms with Crippen LogP contribution in [-0.4, -0.2) is 0 Å². The molecule has 2 rings (SSSR count). The zero-order valence-electron chi connectivity index (χ0n) is 6.46. The molecule has 12 heavy (non-hydrogen) atoms. The topological polar surface area (TPSA) is 0 Å². The Morgan fingerprint density at radius 3 is 2.83 bits per heavy atom. The second-order valence-electron chi connectivity index (χ2n) is 2.56. The van der Waals surface area contributed by atoms with E-state index in [1.165, 1.54) is 0 Å². The van der Waals surface area contributed by atoms with E-state index in [0.717, 1.165) is 16.3 Å². The fourth-order valence-corrected chi connectivity index (χ4v) is 1.27. The Hall–Kier alpha value is -1.74. The van der Waals surface area contributed by atoms with E-state index < -0.39 is 0 Å². The molecule has 2 radical (unpaired) electrons. The molecule has 0 unspecified atom stereocenters. The molecule has 0 heteroatoms. The molecule has 0 aromatic heterocycles. The molecule has 0 aliphatic heterocycles. The van der Waals surface area contributed by atoms with Crippen molar-refractivity contribution in [1.29, 1.82) is 0 Å². The first-order valence-electron chi connectivity index (χ1n) is 3.74. The highest BCUT2D eigenvalue weighted by atomic mass is 14.0. The number of rotatable bonds is 0. The van der Waals surface area contributed by atoms with Crippen molar-refractivity contribution in [2.24, 2.45) is 0 Å².